The van der Waals surface area contributed by atoms with E-state index in [4.69, 9.17) is 11.6 Å². The molecule has 0 unspecified atom stereocenters. The molecule has 0 aliphatic carbocycles. The van der Waals surface area contributed by atoms with Gasteiger partial charge in [0.05, 0.1) is 28.1 Å². The number of hydrogen-bond donors (Lipinski definition) is 2. The molecule has 2 aromatic carbocycles. The van der Waals surface area contributed by atoms with Crippen LogP contribution in [0.5, 0.6) is 5.75 Å². The van der Waals surface area contributed by atoms with E-state index < -0.39 is 45.8 Å². The predicted molar refractivity (Wildman–Crippen MR) is 143 cm³/mol. The number of H-pyrrole nitrogens is 1. The molecule has 0 spiro atoms. The van der Waals surface area contributed by atoms with E-state index in [1.807, 2.05) is 0 Å². The third kappa shape index (κ3) is 6.68. The monoisotopic (exact) mass is 618 g/mol. The number of fused-ring (bicyclic) bond motifs is 1. The van der Waals surface area contributed by atoms with Crippen molar-refractivity contribution in [3.8, 4) is 5.75 Å². The van der Waals surface area contributed by atoms with Crippen LogP contribution >= 0.6 is 11.6 Å². The zero-order valence-corrected chi connectivity index (χ0v) is 23.4. The van der Waals surface area contributed by atoms with Gasteiger partial charge in [0.25, 0.3) is 5.56 Å². The lowest BCUT2D eigenvalue weighted by Gasteiger charge is -2.23. The van der Waals surface area contributed by atoms with Gasteiger partial charge in [0.15, 0.2) is 9.84 Å². The molecule has 1 amide bonds. The number of hydrogen-bond acceptors (Lipinski definition) is 7. The molecular formula is C25H26ClF3N4O7S. The van der Waals surface area contributed by atoms with Gasteiger partial charge in [-0.05, 0) is 42.3 Å². The molecule has 0 saturated carbocycles. The van der Waals surface area contributed by atoms with Gasteiger partial charge in [-0.2, -0.15) is 0 Å². The van der Waals surface area contributed by atoms with Gasteiger partial charge in [0.1, 0.15) is 5.75 Å². The molecule has 41 heavy (non-hydrogen) atoms. The van der Waals surface area contributed by atoms with Crippen molar-refractivity contribution in [1.29, 1.82) is 0 Å². The van der Waals surface area contributed by atoms with Gasteiger partial charge in [0, 0.05) is 43.3 Å². The van der Waals surface area contributed by atoms with Crippen molar-refractivity contribution in [1.82, 2.24) is 19.4 Å². The number of rotatable bonds is 8. The molecule has 1 saturated heterocycles. The SMILES string of the molecule is CCS(=O)(=O)c1ccc(Cl)cc1Cn1c(=O)[nH]c2cc(CN3CC[C@@H](N(C)C(=O)O)C3)c(OC(F)(F)F)cc2c1=O. The minimum Gasteiger partial charge on any atom is -0.465 e. The van der Waals surface area contributed by atoms with Crippen LogP contribution in [0.4, 0.5) is 18.0 Å². The van der Waals surface area contributed by atoms with Gasteiger partial charge in [-0.25, -0.2) is 18.0 Å². The molecule has 1 aliphatic rings. The summed E-state index contributed by atoms with van der Waals surface area (Å²) in [5.41, 5.74) is -1.85. The van der Waals surface area contributed by atoms with Crippen LogP contribution in [0.2, 0.25) is 5.02 Å². The van der Waals surface area contributed by atoms with Gasteiger partial charge in [-0.3, -0.25) is 14.3 Å². The molecule has 0 bridgehead atoms. The van der Waals surface area contributed by atoms with Crippen LogP contribution in [0.1, 0.15) is 24.5 Å². The van der Waals surface area contributed by atoms with Crippen molar-refractivity contribution in [2.75, 3.05) is 25.9 Å². The van der Waals surface area contributed by atoms with E-state index >= 15 is 0 Å². The molecule has 3 aromatic rings. The van der Waals surface area contributed by atoms with E-state index in [2.05, 4.69) is 9.72 Å². The van der Waals surface area contributed by atoms with Crippen LogP contribution in [0.25, 0.3) is 10.9 Å². The number of benzene rings is 2. The number of ether oxygens (including phenoxy) is 1. The Hall–Kier alpha value is -3.56. The van der Waals surface area contributed by atoms with E-state index in [0.717, 1.165) is 11.0 Å². The topological polar surface area (TPSA) is 142 Å². The Labute approximate surface area is 236 Å². The molecule has 1 atom stereocenters. The third-order valence-corrected chi connectivity index (χ3v) is 9.01. The van der Waals surface area contributed by atoms with Crippen LogP contribution < -0.4 is 16.0 Å². The maximum atomic E-state index is 13.4. The normalized spacial score (nSPS) is 16.3. The Morgan fingerprint density at radius 3 is 2.54 bits per heavy atom. The van der Waals surface area contributed by atoms with E-state index in [-0.39, 0.29) is 56.8 Å². The Bertz CT molecular complexity index is 1720. The van der Waals surface area contributed by atoms with Crippen molar-refractivity contribution in [2.24, 2.45) is 0 Å². The summed E-state index contributed by atoms with van der Waals surface area (Å²) in [6, 6.07) is 5.64. The summed E-state index contributed by atoms with van der Waals surface area (Å²) in [7, 11) is -2.36. The second kappa shape index (κ2) is 11.4. The highest BCUT2D eigenvalue weighted by Gasteiger charge is 2.34. The smallest absolute Gasteiger partial charge is 0.465 e. The zero-order valence-electron chi connectivity index (χ0n) is 21.9. The molecular weight excluding hydrogens is 593 g/mol. The van der Waals surface area contributed by atoms with Gasteiger partial charge >= 0.3 is 18.1 Å². The number of halogens is 4. The van der Waals surface area contributed by atoms with Crippen molar-refractivity contribution < 1.29 is 36.2 Å². The fraction of sp³-hybridized carbons (Fsp3) is 0.400. The fourth-order valence-electron chi connectivity index (χ4n) is 4.78. The number of aromatic nitrogens is 2. The fourth-order valence-corrected chi connectivity index (χ4v) is 6.09. The molecule has 1 aromatic heterocycles. The van der Waals surface area contributed by atoms with Gasteiger partial charge in [0.2, 0.25) is 0 Å². The number of amides is 1. The number of aromatic amines is 1. The maximum absolute atomic E-state index is 13.4. The van der Waals surface area contributed by atoms with Crippen molar-refractivity contribution in [3.63, 3.8) is 0 Å². The predicted octanol–water partition coefficient (Wildman–Crippen LogP) is 3.27. The lowest BCUT2D eigenvalue weighted by Crippen LogP contribution is -2.38. The number of nitrogens with one attached hydrogen (secondary N) is 1. The zero-order chi connectivity index (χ0) is 30.3. The van der Waals surface area contributed by atoms with Gasteiger partial charge in [-0.1, -0.05) is 18.5 Å². The molecule has 1 fully saturated rings. The van der Waals surface area contributed by atoms with Crippen LogP contribution in [0, 0.1) is 0 Å². The third-order valence-electron chi connectivity index (χ3n) is 6.95. The first-order valence-electron chi connectivity index (χ1n) is 12.3. The van der Waals surface area contributed by atoms with E-state index in [9.17, 15) is 41.1 Å². The maximum Gasteiger partial charge on any atom is 0.573 e. The molecule has 11 nitrogen and oxygen atoms in total. The minimum absolute atomic E-state index is 0.0208. The molecule has 0 radical (unpaired) electrons. The lowest BCUT2D eigenvalue weighted by molar-refractivity contribution is -0.274. The van der Waals surface area contributed by atoms with E-state index in [0.29, 0.717) is 17.5 Å². The average Bonchev–Trinajstić information content (AvgIpc) is 3.34. The number of carbonyl (C=O) groups is 1. The molecule has 1 aliphatic heterocycles. The van der Waals surface area contributed by atoms with Crippen LogP contribution in [-0.2, 0) is 22.9 Å². The van der Waals surface area contributed by atoms with Crippen LogP contribution in [0.15, 0.2) is 44.8 Å². The Balaban J connectivity index is 1.77. The summed E-state index contributed by atoms with van der Waals surface area (Å²) in [5, 5.41) is 9.08. The van der Waals surface area contributed by atoms with Crippen LogP contribution in [0.3, 0.4) is 0 Å². The number of sulfone groups is 1. The van der Waals surface area contributed by atoms with Gasteiger partial charge < -0.3 is 19.7 Å². The number of nitrogens with zero attached hydrogens (tertiary/aromatic N) is 3. The molecule has 2 N–H and O–H groups in total. The first kappa shape index (κ1) is 30.4. The van der Waals surface area contributed by atoms with E-state index in [1.165, 1.54) is 38.2 Å². The summed E-state index contributed by atoms with van der Waals surface area (Å²) in [6.45, 7) is 1.49. The van der Waals surface area contributed by atoms with Crippen LogP contribution in [-0.4, -0.2) is 77.3 Å². The number of likely N-dealkylation sites (tertiary alicyclic amines) is 1. The molecule has 2 heterocycles. The first-order valence-corrected chi connectivity index (χ1v) is 14.4. The lowest BCUT2D eigenvalue weighted by atomic mass is 10.1. The molecule has 222 valence electrons. The Kier molecular flexibility index (Phi) is 8.43. The summed E-state index contributed by atoms with van der Waals surface area (Å²) in [5.74, 6) is -0.914. The van der Waals surface area contributed by atoms with Crippen molar-refractivity contribution >= 4 is 38.4 Å². The second-order valence-corrected chi connectivity index (χ2v) is 12.3. The average molecular weight is 619 g/mol. The van der Waals surface area contributed by atoms with Gasteiger partial charge in [-0.15, -0.1) is 13.2 Å². The molecule has 4 rings (SSSR count). The summed E-state index contributed by atoms with van der Waals surface area (Å²) in [6.07, 6.45) is -5.76. The Morgan fingerprint density at radius 1 is 1.20 bits per heavy atom. The Morgan fingerprint density at radius 2 is 1.90 bits per heavy atom. The summed E-state index contributed by atoms with van der Waals surface area (Å²) >= 11 is 6.04. The summed E-state index contributed by atoms with van der Waals surface area (Å²) < 4.78 is 70.1. The summed E-state index contributed by atoms with van der Waals surface area (Å²) in [4.78, 5) is 42.8. The standard InChI is InChI=1S/C25H26ClF3N4O7S/c1-3-41(38,39)21-5-4-16(26)8-15(21)12-33-22(34)18-10-20(40-25(27,28)29)14(9-19(18)30-23(33)35)11-32-7-6-17(13-32)31(2)24(36)37/h4-5,8-10,17H,3,6-7,11-13H2,1-2H3,(H,30,35)(H,36,37)/t17-/m1/s1. The van der Waals surface area contributed by atoms with E-state index in [1.54, 1.807) is 4.90 Å². The highest BCUT2D eigenvalue weighted by molar-refractivity contribution is 7.91. The van der Waals surface area contributed by atoms with Crippen molar-refractivity contribution in [2.45, 2.75) is 43.7 Å². The number of likely N-dealkylation sites (N-methyl/N-ethyl adjacent to an activating group) is 1. The van der Waals surface area contributed by atoms with Crippen molar-refractivity contribution in [3.05, 3.63) is 67.3 Å². The highest BCUT2D eigenvalue weighted by atomic mass is 35.5. The minimum atomic E-state index is -5.09. The number of alkyl halides is 3. The number of carboxylic acid groups (broad SMARTS) is 1. The second-order valence-electron chi connectivity index (χ2n) is 9.60. The largest absolute Gasteiger partial charge is 0.573 e. The first-order chi connectivity index (χ1) is 19.1. The highest BCUT2D eigenvalue weighted by Crippen LogP contribution is 2.31. The molecule has 16 heteroatoms. The quantitative estimate of drug-likeness (QED) is 0.392.